The number of benzene rings is 2. The molecule has 1 atom stereocenters. The van der Waals surface area contributed by atoms with Crippen molar-refractivity contribution in [1.82, 2.24) is 4.72 Å². The molecule has 0 aliphatic heterocycles. The molecule has 0 aliphatic carbocycles. The van der Waals surface area contributed by atoms with Crippen molar-refractivity contribution >= 4 is 10.0 Å². The van der Waals surface area contributed by atoms with Crippen molar-refractivity contribution in [3.8, 4) is 12.3 Å². The van der Waals surface area contributed by atoms with Crippen LogP contribution in [0.4, 0.5) is 0 Å². The van der Waals surface area contributed by atoms with E-state index < -0.39 is 15.4 Å². The summed E-state index contributed by atoms with van der Waals surface area (Å²) in [6.45, 7) is 8.08. The van der Waals surface area contributed by atoms with Crippen LogP contribution in [-0.2, 0) is 15.4 Å². The molecule has 0 aliphatic rings. The maximum atomic E-state index is 12.7. The molecule has 26 heavy (non-hydrogen) atoms. The minimum Gasteiger partial charge on any atom is -0.210 e. The Bertz CT molecular complexity index is 893. The predicted molar refractivity (Wildman–Crippen MR) is 107 cm³/mol. The van der Waals surface area contributed by atoms with Crippen LogP contribution in [0.3, 0.4) is 0 Å². The lowest BCUT2D eigenvalue weighted by atomic mass is 9.73. The van der Waals surface area contributed by atoms with Gasteiger partial charge in [-0.3, -0.25) is 0 Å². The standard InChI is InChI=1S/C22H25NO2S/c1-5-15-22(16-18(2)3,20-9-7-6-8-10-20)17-23-26(24,25)21-13-11-19(4)12-14-21/h1,6-14,23H,2,15-17H2,3-4H3. The van der Waals surface area contributed by atoms with Crippen molar-refractivity contribution in [3.05, 3.63) is 77.9 Å². The molecule has 2 aromatic rings. The lowest BCUT2D eigenvalue weighted by Gasteiger charge is -2.33. The summed E-state index contributed by atoms with van der Waals surface area (Å²) in [5.74, 6) is 2.72. The SMILES string of the molecule is C#CCC(CNS(=O)(=O)c1ccc(C)cc1)(CC(=C)C)c1ccccc1. The summed E-state index contributed by atoms with van der Waals surface area (Å²) in [6, 6.07) is 16.6. The summed E-state index contributed by atoms with van der Waals surface area (Å²) in [5.41, 5.74) is 2.45. The van der Waals surface area contributed by atoms with E-state index in [2.05, 4.69) is 17.2 Å². The number of nitrogens with one attached hydrogen (secondary N) is 1. The molecule has 136 valence electrons. The van der Waals surface area contributed by atoms with Gasteiger partial charge in [-0.15, -0.1) is 18.9 Å². The second kappa shape index (κ2) is 8.35. The van der Waals surface area contributed by atoms with E-state index in [-0.39, 0.29) is 11.4 Å². The average Bonchev–Trinajstić information content (AvgIpc) is 2.61. The van der Waals surface area contributed by atoms with Gasteiger partial charge in [-0.25, -0.2) is 13.1 Å². The van der Waals surface area contributed by atoms with Crippen LogP contribution in [0.2, 0.25) is 0 Å². The van der Waals surface area contributed by atoms with Crippen molar-refractivity contribution in [3.63, 3.8) is 0 Å². The third kappa shape index (κ3) is 4.85. The number of allylic oxidation sites excluding steroid dienone is 1. The average molecular weight is 368 g/mol. The molecule has 0 amide bonds. The van der Waals surface area contributed by atoms with Gasteiger partial charge < -0.3 is 0 Å². The summed E-state index contributed by atoms with van der Waals surface area (Å²) < 4.78 is 28.2. The Balaban J connectivity index is 2.36. The Kier molecular flexibility index (Phi) is 6.42. The maximum absolute atomic E-state index is 12.7. The van der Waals surface area contributed by atoms with Gasteiger partial charge in [0.2, 0.25) is 10.0 Å². The molecule has 0 radical (unpaired) electrons. The van der Waals surface area contributed by atoms with Crippen molar-refractivity contribution in [2.45, 2.75) is 37.0 Å². The van der Waals surface area contributed by atoms with E-state index in [1.165, 1.54) is 0 Å². The Morgan fingerprint density at radius 3 is 2.31 bits per heavy atom. The fraction of sp³-hybridized carbons (Fsp3) is 0.273. The highest BCUT2D eigenvalue weighted by Gasteiger charge is 2.33. The minimum absolute atomic E-state index is 0.213. The Hall–Kier alpha value is -2.35. The number of aryl methyl sites for hydroxylation is 1. The van der Waals surface area contributed by atoms with E-state index in [0.717, 1.165) is 16.7 Å². The summed E-state index contributed by atoms with van der Waals surface area (Å²) >= 11 is 0. The molecule has 0 heterocycles. The molecule has 0 fully saturated rings. The summed E-state index contributed by atoms with van der Waals surface area (Å²) in [5, 5.41) is 0. The molecule has 1 unspecified atom stereocenters. The van der Waals surface area contributed by atoms with Crippen molar-refractivity contribution in [1.29, 1.82) is 0 Å². The molecule has 0 saturated carbocycles. The fourth-order valence-corrected chi connectivity index (χ4v) is 4.22. The Morgan fingerprint density at radius 2 is 1.77 bits per heavy atom. The van der Waals surface area contributed by atoms with Gasteiger partial charge in [0, 0.05) is 18.4 Å². The highest BCUT2D eigenvalue weighted by molar-refractivity contribution is 7.89. The van der Waals surface area contributed by atoms with Crippen molar-refractivity contribution in [2.75, 3.05) is 6.54 Å². The van der Waals surface area contributed by atoms with Gasteiger partial charge in [0.15, 0.2) is 0 Å². The zero-order valence-corrected chi connectivity index (χ0v) is 16.1. The number of terminal acetylenes is 1. The summed E-state index contributed by atoms with van der Waals surface area (Å²) in [7, 11) is -3.62. The lowest BCUT2D eigenvalue weighted by molar-refractivity contribution is 0.424. The molecular weight excluding hydrogens is 342 g/mol. The van der Waals surface area contributed by atoms with Crippen LogP contribution in [0.15, 0.2) is 71.6 Å². The lowest BCUT2D eigenvalue weighted by Crippen LogP contribution is -2.41. The third-order valence-corrected chi connectivity index (χ3v) is 5.82. The first-order valence-electron chi connectivity index (χ1n) is 8.49. The van der Waals surface area contributed by atoms with Crippen LogP contribution in [0, 0.1) is 19.3 Å². The second-order valence-electron chi connectivity index (χ2n) is 6.80. The zero-order chi connectivity index (χ0) is 19.2. The van der Waals surface area contributed by atoms with Crippen LogP contribution < -0.4 is 4.72 Å². The first kappa shape index (κ1) is 20.0. The first-order valence-corrected chi connectivity index (χ1v) is 9.97. The highest BCUT2D eigenvalue weighted by atomic mass is 32.2. The van der Waals surface area contributed by atoms with Crippen molar-refractivity contribution in [2.24, 2.45) is 0 Å². The van der Waals surface area contributed by atoms with Gasteiger partial charge in [0.1, 0.15) is 0 Å². The minimum atomic E-state index is -3.62. The number of sulfonamides is 1. The molecule has 0 saturated heterocycles. The largest absolute Gasteiger partial charge is 0.240 e. The van der Waals surface area contributed by atoms with E-state index in [4.69, 9.17) is 6.42 Å². The third-order valence-electron chi connectivity index (χ3n) is 4.40. The van der Waals surface area contributed by atoms with Gasteiger partial charge >= 0.3 is 0 Å². The quantitative estimate of drug-likeness (QED) is 0.561. The van der Waals surface area contributed by atoms with E-state index in [9.17, 15) is 8.42 Å². The molecule has 0 bridgehead atoms. The second-order valence-corrected chi connectivity index (χ2v) is 8.57. The Morgan fingerprint density at radius 1 is 1.15 bits per heavy atom. The summed E-state index contributed by atoms with van der Waals surface area (Å²) in [6.07, 6.45) is 6.66. The van der Waals surface area contributed by atoms with Crippen LogP contribution in [-0.4, -0.2) is 15.0 Å². The van der Waals surface area contributed by atoms with Gasteiger partial charge in [0.05, 0.1) is 4.90 Å². The molecule has 0 aromatic heterocycles. The van der Waals surface area contributed by atoms with Gasteiger partial charge in [-0.2, -0.15) is 0 Å². The van der Waals surface area contributed by atoms with Gasteiger partial charge in [-0.05, 0) is 38.0 Å². The van der Waals surface area contributed by atoms with Crippen LogP contribution in [0.1, 0.15) is 30.9 Å². The monoisotopic (exact) mass is 367 g/mol. The Labute approximate surface area is 157 Å². The molecule has 2 rings (SSSR count). The van der Waals surface area contributed by atoms with Gasteiger partial charge in [0.25, 0.3) is 0 Å². The highest BCUT2D eigenvalue weighted by Crippen LogP contribution is 2.34. The van der Waals surface area contributed by atoms with E-state index >= 15 is 0 Å². The fourth-order valence-electron chi connectivity index (χ4n) is 3.09. The van der Waals surface area contributed by atoms with E-state index in [1.54, 1.807) is 24.3 Å². The van der Waals surface area contributed by atoms with Crippen LogP contribution >= 0.6 is 0 Å². The normalized spacial score (nSPS) is 13.6. The van der Waals surface area contributed by atoms with Crippen molar-refractivity contribution < 1.29 is 8.42 Å². The van der Waals surface area contributed by atoms with Gasteiger partial charge in [-0.1, -0.05) is 53.6 Å². The predicted octanol–water partition coefficient (Wildman–Crippen LogP) is 4.20. The molecule has 2 aromatic carbocycles. The van der Waals surface area contributed by atoms with E-state index in [0.29, 0.717) is 12.8 Å². The molecule has 1 N–H and O–H groups in total. The topological polar surface area (TPSA) is 46.2 Å². The summed E-state index contributed by atoms with van der Waals surface area (Å²) in [4.78, 5) is 0.251. The molecule has 4 heteroatoms. The molecular formula is C22H25NO2S. The smallest absolute Gasteiger partial charge is 0.210 e. The maximum Gasteiger partial charge on any atom is 0.240 e. The first-order chi connectivity index (χ1) is 12.3. The zero-order valence-electron chi connectivity index (χ0n) is 15.3. The molecule has 0 spiro atoms. The number of hydrogen-bond acceptors (Lipinski definition) is 2. The van der Waals surface area contributed by atoms with Crippen LogP contribution in [0.25, 0.3) is 0 Å². The number of hydrogen-bond donors (Lipinski definition) is 1. The van der Waals surface area contributed by atoms with E-state index in [1.807, 2.05) is 44.2 Å². The number of rotatable bonds is 8. The molecule has 3 nitrogen and oxygen atoms in total. The van der Waals surface area contributed by atoms with Crippen LogP contribution in [0.5, 0.6) is 0 Å².